The molecule has 1 aliphatic heterocycles. The largest absolute Gasteiger partial charge is 0.505 e. The summed E-state index contributed by atoms with van der Waals surface area (Å²) in [6.07, 6.45) is -0.362. The summed E-state index contributed by atoms with van der Waals surface area (Å²) in [6.45, 7) is 0.526. The topological polar surface area (TPSA) is 59.0 Å². The lowest BCUT2D eigenvalue weighted by molar-refractivity contribution is 0.0519. The van der Waals surface area contributed by atoms with Crippen LogP contribution in [0.5, 0.6) is 17.2 Å². The molecule has 1 unspecified atom stereocenters. The van der Waals surface area contributed by atoms with Gasteiger partial charge in [-0.25, -0.2) is 0 Å². The summed E-state index contributed by atoms with van der Waals surface area (Å²) in [7, 11) is 1.57. The van der Waals surface area contributed by atoms with Crippen molar-refractivity contribution >= 4 is 40.7 Å². The van der Waals surface area contributed by atoms with Crippen LogP contribution in [0.4, 0.5) is 0 Å². The van der Waals surface area contributed by atoms with Crippen LogP contribution in [0.15, 0.2) is 30.3 Å². The Hall–Kier alpha value is -1.82. The molecular formula is C17H14Cl3NO4. The Morgan fingerprint density at radius 1 is 1.24 bits per heavy atom. The van der Waals surface area contributed by atoms with Crippen LogP contribution in [-0.4, -0.2) is 42.2 Å². The molecule has 2 aromatic carbocycles. The standard InChI is InChI=1S/C17H14Cl3NO4/c1-21(7-9-8-24-12-4-2-3-5-13(12)25-9)17(23)14-15(20)10(18)6-11(19)16(14)22/h2-6,9,22H,7-8H2,1H3. The molecule has 1 N–H and O–H groups in total. The van der Waals surface area contributed by atoms with E-state index in [0.29, 0.717) is 18.1 Å². The fourth-order valence-corrected chi connectivity index (χ4v) is 3.20. The highest BCUT2D eigenvalue weighted by atomic mass is 35.5. The third-order valence-electron chi connectivity index (χ3n) is 3.75. The van der Waals surface area contributed by atoms with Gasteiger partial charge in [0.05, 0.1) is 21.6 Å². The predicted molar refractivity (Wildman–Crippen MR) is 96.5 cm³/mol. The van der Waals surface area contributed by atoms with Crippen LogP contribution in [0.2, 0.25) is 15.1 Å². The molecule has 0 aromatic heterocycles. The molecule has 0 fully saturated rings. The maximum absolute atomic E-state index is 12.7. The van der Waals surface area contributed by atoms with Crippen LogP contribution in [0.25, 0.3) is 0 Å². The average Bonchev–Trinajstić information content (AvgIpc) is 2.60. The average molecular weight is 403 g/mol. The monoisotopic (exact) mass is 401 g/mol. The Bertz CT molecular complexity index is 802. The third kappa shape index (κ3) is 3.59. The van der Waals surface area contributed by atoms with Crippen molar-refractivity contribution in [3.05, 3.63) is 51.0 Å². The molecule has 0 saturated heterocycles. The summed E-state index contributed by atoms with van der Waals surface area (Å²) in [6, 6.07) is 8.58. The smallest absolute Gasteiger partial charge is 0.259 e. The zero-order valence-corrected chi connectivity index (χ0v) is 15.4. The van der Waals surface area contributed by atoms with Crippen molar-refractivity contribution in [1.29, 1.82) is 0 Å². The molecule has 25 heavy (non-hydrogen) atoms. The first-order valence-electron chi connectivity index (χ1n) is 7.39. The Balaban J connectivity index is 1.77. The molecule has 1 amide bonds. The van der Waals surface area contributed by atoms with Gasteiger partial charge < -0.3 is 19.5 Å². The van der Waals surface area contributed by atoms with Gasteiger partial charge in [-0.05, 0) is 18.2 Å². The summed E-state index contributed by atoms with van der Waals surface area (Å²) in [5.74, 6) is 0.356. The number of carbonyl (C=O) groups is 1. The first kappa shape index (κ1) is 18.0. The van der Waals surface area contributed by atoms with Crippen molar-refractivity contribution in [2.75, 3.05) is 20.2 Å². The van der Waals surface area contributed by atoms with Gasteiger partial charge in [-0.1, -0.05) is 46.9 Å². The highest BCUT2D eigenvalue weighted by Crippen LogP contribution is 2.39. The van der Waals surface area contributed by atoms with Crippen LogP contribution in [-0.2, 0) is 0 Å². The maximum atomic E-state index is 12.7. The highest BCUT2D eigenvalue weighted by Gasteiger charge is 2.28. The van der Waals surface area contributed by atoms with E-state index >= 15 is 0 Å². The number of phenolic OH excluding ortho intramolecular Hbond substituents is 1. The minimum atomic E-state index is -0.519. The second-order valence-corrected chi connectivity index (χ2v) is 6.75. The number of fused-ring (bicyclic) bond motifs is 1. The van der Waals surface area contributed by atoms with Gasteiger partial charge in [0, 0.05) is 7.05 Å². The number of ether oxygens (including phenoxy) is 2. The molecule has 132 valence electrons. The summed E-state index contributed by atoms with van der Waals surface area (Å²) < 4.78 is 11.5. The van der Waals surface area contributed by atoms with E-state index in [9.17, 15) is 9.90 Å². The van der Waals surface area contributed by atoms with E-state index < -0.39 is 11.7 Å². The van der Waals surface area contributed by atoms with Gasteiger partial charge in [0.15, 0.2) is 17.6 Å². The number of rotatable bonds is 3. The van der Waals surface area contributed by atoms with Crippen molar-refractivity contribution in [2.45, 2.75) is 6.10 Å². The molecular weight excluding hydrogens is 389 g/mol. The van der Waals surface area contributed by atoms with E-state index in [1.807, 2.05) is 18.2 Å². The van der Waals surface area contributed by atoms with Crippen molar-refractivity contribution in [3.63, 3.8) is 0 Å². The van der Waals surface area contributed by atoms with Gasteiger partial charge in [0.25, 0.3) is 5.91 Å². The molecule has 0 spiro atoms. The number of hydrogen-bond acceptors (Lipinski definition) is 4. The Kier molecular flexibility index (Phi) is 5.18. The zero-order chi connectivity index (χ0) is 18.1. The first-order chi connectivity index (χ1) is 11.9. The summed E-state index contributed by atoms with van der Waals surface area (Å²) >= 11 is 17.9. The summed E-state index contributed by atoms with van der Waals surface area (Å²) in [5.41, 5.74) is -0.140. The summed E-state index contributed by atoms with van der Waals surface area (Å²) in [5, 5.41) is 10.1. The molecule has 1 heterocycles. The van der Waals surface area contributed by atoms with Crippen LogP contribution < -0.4 is 9.47 Å². The van der Waals surface area contributed by atoms with E-state index in [1.165, 1.54) is 11.0 Å². The lowest BCUT2D eigenvalue weighted by atomic mass is 10.1. The SMILES string of the molecule is CN(CC1COc2ccccc2O1)C(=O)c1c(O)c(Cl)cc(Cl)c1Cl. The number of benzene rings is 2. The normalized spacial score (nSPS) is 15.8. The first-order valence-corrected chi connectivity index (χ1v) is 8.52. The van der Waals surface area contributed by atoms with Crippen molar-refractivity contribution in [2.24, 2.45) is 0 Å². The molecule has 1 aliphatic rings. The van der Waals surface area contributed by atoms with Crippen LogP contribution in [0.1, 0.15) is 10.4 Å². The molecule has 0 radical (unpaired) electrons. The number of aromatic hydroxyl groups is 1. The lowest BCUT2D eigenvalue weighted by Crippen LogP contribution is -2.41. The molecule has 3 rings (SSSR count). The molecule has 5 nitrogen and oxygen atoms in total. The van der Waals surface area contributed by atoms with E-state index in [-0.39, 0.29) is 33.3 Å². The molecule has 0 aliphatic carbocycles. The molecule has 1 atom stereocenters. The fourth-order valence-electron chi connectivity index (χ4n) is 2.51. The van der Waals surface area contributed by atoms with Crippen LogP contribution in [0, 0.1) is 0 Å². The Morgan fingerprint density at radius 3 is 2.64 bits per heavy atom. The lowest BCUT2D eigenvalue weighted by Gasteiger charge is -2.29. The van der Waals surface area contributed by atoms with Gasteiger partial charge in [0.2, 0.25) is 0 Å². The third-order valence-corrected chi connectivity index (χ3v) is 4.83. The van der Waals surface area contributed by atoms with Gasteiger partial charge >= 0.3 is 0 Å². The number of para-hydroxylation sites is 2. The number of carbonyl (C=O) groups excluding carboxylic acids is 1. The van der Waals surface area contributed by atoms with Gasteiger partial charge in [-0.2, -0.15) is 0 Å². The second kappa shape index (κ2) is 7.20. The number of likely N-dealkylation sites (N-methyl/N-ethyl adjacent to an activating group) is 1. The maximum Gasteiger partial charge on any atom is 0.259 e. The number of halogens is 3. The Labute approximate surface area is 159 Å². The van der Waals surface area contributed by atoms with E-state index in [4.69, 9.17) is 44.3 Å². The Morgan fingerprint density at radius 2 is 1.92 bits per heavy atom. The molecule has 0 saturated carbocycles. The van der Waals surface area contributed by atoms with Gasteiger partial charge in [-0.3, -0.25) is 4.79 Å². The number of hydrogen-bond donors (Lipinski definition) is 1. The summed E-state index contributed by atoms with van der Waals surface area (Å²) in [4.78, 5) is 14.0. The van der Waals surface area contributed by atoms with E-state index in [0.717, 1.165) is 0 Å². The van der Waals surface area contributed by atoms with E-state index in [1.54, 1.807) is 13.1 Å². The number of phenols is 1. The number of nitrogens with zero attached hydrogens (tertiary/aromatic N) is 1. The molecule has 0 bridgehead atoms. The van der Waals surface area contributed by atoms with Crippen molar-refractivity contribution < 1.29 is 19.4 Å². The second-order valence-electron chi connectivity index (χ2n) is 5.56. The van der Waals surface area contributed by atoms with Crippen LogP contribution in [0.3, 0.4) is 0 Å². The van der Waals surface area contributed by atoms with Crippen LogP contribution >= 0.6 is 34.8 Å². The van der Waals surface area contributed by atoms with E-state index in [2.05, 4.69) is 0 Å². The quantitative estimate of drug-likeness (QED) is 0.779. The predicted octanol–water partition coefficient (Wildman–Crippen LogP) is 4.26. The van der Waals surface area contributed by atoms with Gasteiger partial charge in [0.1, 0.15) is 17.9 Å². The van der Waals surface area contributed by atoms with Crippen molar-refractivity contribution in [1.82, 2.24) is 4.90 Å². The molecule has 8 heteroatoms. The minimum Gasteiger partial charge on any atom is -0.505 e. The fraction of sp³-hybridized carbons (Fsp3) is 0.235. The molecule has 2 aromatic rings. The highest BCUT2D eigenvalue weighted by molar-refractivity contribution is 6.45. The number of amides is 1. The van der Waals surface area contributed by atoms with Crippen molar-refractivity contribution in [3.8, 4) is 17.2 Å². The minimum absolute atomic E-state index is 0.0441. The van der Waals surface area contributed by atoms with Gasteiger partial charge in [-0.15, -0.1) is 0 Å². The zero-order valence-electron chi connectivity index (χ0n) is 13.1.